The summed E-state index contributed by atoms with van der Waals surface area (Å²) in [4.78, 5) is 11.6. The molecule has 3 aromatic rings. The first kappa shape index (κ1) is 13.4. The standard InChI is InChI=1S/C19H12O4/c1-10-15-6-4-13(8-17(15)11(2)21-10)23-14-5-7-16-18(9-14)12(3)22-19(16)20/h4-9H,1-3H2. The van der Waals surface area contributed by atoms with Crippen LogP contribution in [-0.2, 0) is 4.74 Å². The van der Waals surface area contributed by atoms with Crippen molar-refractivity contribution in [3.05, 3.63) is 64.9 Å². The Balaban J connectivity index is 1.74. The molecule has 0 amide bonds. The van der Waals surface area contributed by atoms with Crippen molar-refractivity contribution in [3.8, 4) is 11.5 Å². The second-order valence-corrected chi connectivity index (χ2v) is 5.28. The van der Waals surface area contributed by atoms with Crippen LogP contribution in [-0.4, -0.2) is 5.97 Å². The summed E-state index contributed by atoms with van der Waals surface area (Å²) in [7, 11) is 0. The molecule has 1 aromatic heterocycles. The third kappa shape index (κ3) is 2.04. The largest absolute Gasteiger partial charge is 0.457 e. The normalized spacial score (nSPS) is 13.2. The van der Waals surface area contributed by atoms with Crippen LogP contribution in [0, 0.1) is 0 Å². The first-order chi connectivity index (χ1) is 11.0. The number of esters is 1. The van der Waals surface area contributed by atoms with Crippen molar-refractivity contribution in [3.63, 3.8) is 0 Å². The van der Waals surface area contributed by atoms with Gasteiger partial charge in [-0.2, -0.15) is 0 Å². The number of carbonyl (C=O) groups is 1. The van der Waals surface area contributed by atoms with Gasteiger partial charge in [-0.3, -0.25) is 0 Å². The summed E-state index contributed by atoms with van der Waals surface area (Å²) in [5.41, 5.74) is 2.28. The molecule has 2 aromatic carbocycles. The molecular weight excluding hydrogens is 292 g/mol. The molecule has 4 nitrogen and oxygen atoms in total. The molecule has 0 unspecified atom stereocenters. The average molecular weight is 304 g/mol. The lowest BCUT2D eigenvalue weighted by Gasteiger charge is -2.06. The quantitative estimate of drug-likeness (QED) is 0.682. The zero-order chi connectivity index (χ0) is 16.1. The van der Waals surface area contributed by atoms with Gasteiger partial charge in [-0.1, -0.05) is 19.7 Å². The van der Waals surface area contributed by atoms with Gasteiger partial charge in [0, 0.05) is 16.3 Å². The molecular formula is C19H12O4. The zero-order valence-electron chi connectivity index (χ0n) is 12.2. The van der Waals surface area contributed by atoms with Crippen LogP contribution in [0.5, 0.6) is 11.5 Å². The topological polar surface area (TPSA) is 48.7 Å². The predicted octanol–water partition coefficient (Wildman–Crippen LogP) is 3.19. The lowest BCUT2D eigenvalue weighted by Crippen LogP contribution is -1.94. The van der Waals surface area contributed by atoms with Crippen molar-refractivity contribution < 1.29 is 18.7 Å². The maximum absolute atomic E-state index is 11.6. The summed E-state index contributed by atoms with van der Waals surface area (Å²) in [5.74, 6) is 1.18. The maximum atomic E-state index is 11.6. The molecule has 0 saturated carbocycles. The van der Waals surface area contributed by atoms with Crippen molar-refractivity contribution >= 4 is 35.7 Å². The minimum atomic E-state index is -0.388. The van der Waals surface area contributed by atoms with E-state index in [9.17, 15) is 4.79 Å². The Hall–Kier alpha value is -3.27. The molecule has 0 bridgehead atoms. The Morgan fingerprint density at radius 2 is 1.52 bits per heavy atom. The number of rotatable bonds is 2. The van der Waals surface area contributed by atoms with Crippen molar-refractivity contribution in [2.75, 3.05) is 0 Å². The van der Waals surface area contributed by atoms with Gasteiger partial charge in [0.2, 0.25) is 0 Å². The smallest absolute Gasteiger partial charge is 0.344 e. The number of hydrogen-bond donors (Lipinski definition) is 0. The van der Waals surface area contributed by atoms with E-state index in [0.29, 0.717) is 39.2 Å². The molecule has 0 radical (unpaired) electrons. The third-order valence-corrected chi connectivity index (χ3v) is 3.80. The minimum Gasteiger partial charge on any atom is -0.457 e. The van der Waals surface area contributed by atoms with E-state index < -0.39 is 0 Å². The molecule has 0 saturated heterocycles. The van der Waals surface area contributed by atoms with E-state index in [0.717, 1.165) is 10.8 Å². The van der Waals surface area contributed by atoms with Gasteiger partial charge in [0.1, 0.15) is 28.1 Å². The first-order valence-electron chi connectivity index (χ1n) is 6.97. The first-order valence-corrected chi connectivity index (χ1v) is 6.97. The Morgan fingerprint density at radius 3 is 2.35 bits per heavy atom. The Kier molecular flexibility index (Phi) is 2.69. The lowest BCUT2D eigenvalue weighted by molar-refractivity contribution is 0.0716. The molecule has 0 atom stereocenters. The number of fused-ring (bicyclic) bond motifs is 2. The van der Waals surface area contributed by atoms with Crippen LogP contribution < -0.4 is 15.6 Å². The number of ether oxygens (including phenoxy) is 2. The fourth-order valence-corrected chi connectivity index (χ4v) is 2.67. The van der Waals surface area contributed by atoms with Crippen molar-refractivity contribution in [2.24, 2.45) is 0 Å². The van der Waals surface area contributed by atoms with E-state index in [1.165, 1.54) is 0 Å². The van der Waals surface area contributed by atoms with Gasteiger partial charge in [0.25, 0.3) is 0 Å². The Morgan fingerprint density at radius 1 is 0.826 bits per heavy atom. The Labute approximate surface area is 131 Å². The summed E-state index contributed by atoms with van der Waals surface area (Å²) in [6.07, 6.45) is 0. The molecule has 112 valence electrons. The molecule has 1 aliphatic heterocycles. The average Bonchev–Trinajstić information content (AvgIpc) is 2.96. The molecule has 0 aliphatic carbocycles. The van der Waals surface area contributed by atoms with Gasteiger partial charge in [0.15, 0.2) is 0 Å². The van der Waals surface area contributed by atoms with Crippen LogP contribution in [0.1, 0.15) is 15.9 Å². The maximum Gasteiger partial charge on any atom is 0.344 e. The SMILES string of the molecule is C=C1OC(=O)c2ccc(Oc3ccc4c(=C)oc(=C)c4c3)cc21. The molecule has 1 aliphatic rings. The highest BCUT2D eigenvalue weighted by atomic mass is 16.5. The van der Waals surface area contributed by atoms with E-state index in [1.54, 1.807) is 18.2 Å². The summed E-state index contributed by atoms with van der Waals surface area (Å²) >= 11 is 0. The van der Waals surface area contributed by atoms with Crippen LogP contribution >= 0.6 is 0 Å². The second-order valence-electron chi connectivity index (χ2n) is 5.28. The van der Waals surface area contributed by atoms with Gasteiger partial charge in [0.05, 0.1) is 5.56 Å². The van der Waals surface area contributed by atoms with Crippen LogP contribution in [0.25, 0.3) is 29.7 Å². The fraction of sp³-hybridized carbons (Fsp3) is 0. The van der Waals surface area contributed by atoms with E-state index in [2.05, 4.69) is 19.7 Å². The monoisotopic (exact) mass is 304 g/mol. The molecule has 0 N–H and O–H groups in total. The molecule has 23 heavy (non-hydrogen) atoms. The minimum absolute atomic E-state index is 0.336. The summed E-state index contributed by atoms with van der Waals surface area (Å²) in [5, 5.41) is 1.76. The fourth-order valence-electron chi connectivity index (χ4n) is 2.67. The number of furan rings is 1. The van der Waals surface area contributed by atoms with Crippen LogP contribution in [0.15, 0.2) is 47.4 Å². The number of hydrogen-bond acceptors (Lipinski definition) is 4. The van der Waals surface area contributed by atoms with E-state index >= 15 is 0 Å². The molecule has 4 rings (SSSR count). The van der Waals surface area contributed by atoms with Crippen molar-refractivity contribution in [1.29, 1.82) is 0 Å². The molecule has 4 heteroatoms. The summed E-state index contributed by atoms with van der Waals surface area (Å²) in [6.45, 7) is 11.4. The number of cyclic esters (lactones) is 1. The summed E-state index contributed by atoms with van der Waals surface area (Å²) in [6, 6.07) is 10.7. The van der Waals surface area contributed by atoms with Gasteiger partial charge >= 0.3 is 5.97 Å². The second kappa shape index (κ2) is 4.61. The Bertz CT molecular complexity index is 1090. The van der Waals surface area contributed by atoms with Gasteiger partial charge in [-0.25, -0.2) is 4.79 Å². The highest BCUT2D eigenvalue weighted by Gasteiger charge is 2.25. The highest BCUT2D eigenvalue weighted by molar-refractivity contribution is 6.02. The third-order valence-electron chi connectivity index (χ3n) is 3.80. The van der Waals surface area contributed by atoms with Crippen molar-refractivity contribution in [2.45, 2.75) is 0 Å². The predicted molar refractivity (Wildman–Crippen MR) is 87.5 cm³/mol. The van der Waals surface area contributed by atoms with E-state index in [4.69, 9.17) is 13.9 Å². The van der Waals surface area contributed by atoms with Crippen LogP contribution in [0.3, 0.4) is 0 Å². The van der Waals surface area contributed by atoms with Crippen LogP contribution in [0.2, 0.25) is 0 Å². The van der Waals surface area contributed by atoms with E-state index in [-0.39, 0.29) is 5.97 Å². The number of carbonyl (C=O) groups excluding carboxylic acids is 1. The zero-order valence-corrected chi connectivity index (χ0v) is 12.2. The number of benzene rings is 2. The lowest BCUT2D eigenvalue weighted by atomic mass is 10.1. The van der Waals surface area contributed by atoms with Gasteiger partial charge in [-0.15, -0.1) is 0 Å². The van der Waals surface area contributed by atoms with Gasteiger partial charge < -0.3 is 13.9 Å². The molecule has 0 fully saturated rings. The van der Waals surface area contributed by atoms with E-state index in [1.807, 2.05) is 18.2 Å². The highest BCUT2D eigenvalue weighted by Crippen LogP contribution is 2.33. The molecule has 2 heterocycles. The summed E-state index contributed by atoms with van der Waals surface area (Å²) < 4.78 is 16.3. The molecule has 0 spiro atoms. The van der Waals surface area contributed by atoms with Gasteiger partial charge in [-0.05, 0) is 36.4 Å². The van der Waals surface area contributed by atoms with Crippen LogP contribution in [0.4, 0.5) is 0 Å². The van der Waals surface area contributed by atoms with Crippen molar-refractivity contribution in [1.82, 2.24) is 0 Å².